The van der Waals surface area contributed by atoms with Crippen molar-refractivity contribution in [3.8, 4) is 0 Å². The first-order valence-corrected chi connectivity index (χ1v) is 7.33. The first-order valence-electron chi connectivity index (χ1n) is 7.33. The fraction of sp³-hybridized carbons (Fsp3) is 0.250. The number of nitrogens with zero attached hydrogens (tertiary/aromatic N) is 4. The number of nitrogen functional groups attached to an aromatic ring is 1. The smallest absolute Gasteiger partial charge is 0.256 e. The van der Waals surface area contributed by atoms with E-state index in [2.05, 4.69) is 20.4 Å². The third-order valence-corrected chi connectivity index (χ3v) is 3.47. The van der Waals surface area contributed by atoms with Crippen molar-refractivity contribution >= 4 is 53.3 Å². The molecule has 1 amide bonds. The van der Waals surface area contributed by atoms with E-state index >= 15 is 0 Å². The highest BCUT2D eigenvalue weighted by Gasteiger charge is 2.17. The van der Waals surface area contributed by atoms with Crippen LogP contribution in [-0.2, 0) is 0 Å². The number of nitrogens with two attached hydrogens (primary N) is 1. The second kappa shape index (κ2) is 8.13. The molecule has 9 heteroatoms. The van der Waals surface area contributed by atoms with Gasteiger partial charge in [0.05, 0.1) is 29.0 Å². The quantitative estimate of drug-likeness (QED) is 0.722. The molecule has 3 aromatic heterocycles. The molecule has 25 heavy (non-hydrogen) atoms. The van der Waals surface area contributed by atoms with Gasteiger partial charge in [-0.2, -0.15) is 5.10 Å². The molecule has 0 aliphatic heterocycles. The van der Waals surface area contributed by atoms with E-state index in [1.165, 1.54) is 6.20 Å². The van der Waals surface area contributed by atoms with Crippen molar-refractivity contribution < 1.29 is 4.79 Å². The predicted molar refractivity (Wildman–Crippen MR) is 104 cm³/mol. The van der Waals surface area contributed by atoms with Crippen LogP contribution >= 0.6 is 24.8 Å². The van der Waals surface area contributed by atoms with Gasteiger partial charge in [0.25, 0.3) is 5.91 Å². The maximum Gasteiger partial charge on any atom is 0.256 e. The first-order chi connectivity index (χ1) is 11.0. The molecular weight excluding hydrogens is 363 g/mol. The minimum Gasteiger partial charge on any atom is -0.384 e. The van der Waals surface area contributed by atoms with Crippen LogP contribution in [0.2, 0.25) is 0 Å². The van der Waals surface area contributed by atoms with Gasteiger partial charge in [0.15, 0.2) is 5.65 Å². The lowest BCUT2D eigenvalue weighted by Gasteiger charge is -2.09. The Morgan fingerprint density at radius 3 is 2.56 bits per heavy atom. The standard InChI is InChI=1S/C16H18N6O.2ClH/c1-9(2)22-15-13(8-19-22)12(6-10(3)20-15)16(23)21-11-4-5-14(17)18-7-11;;/h4-9H,1-3H3,(H2,17,18)(H,21,23);2*1H. The van der Waals surface area contributed by atoms with Crippen molar-refractivity contribution in [2.45, 2.75) is 26.8 Å². The van der Waals surface area contributed by atoms with E-state index in [1.807, 2.05) is 25.5 Å². The second-order valence-corrected chi connectivity index (χ2v) is 5.66. The monoisotopic (exact) mass is 382 g/mol. The largest absolute Gasteiger partial charge is 0.384 e. The zero-order chi connectivity index (χ0) is 16.6. The van der Waals surface area contributed by atoms with Gasteiger partial charge in [0.1, 0.15) is 5.82 Å². The Balaban J connectivity index is 0.00000156. The number of halogens is 2. The molecule has 134 valence electrons. The lowest BCUT2D eigenvalue weighted by atomic mass is 10.1. The van der Waals surface area contributed by atoms with Gasteiger partial charge in [-0.05, 0) is 39.0 Å². The molecule has 0 bridgehead atoms. The van der Waals surface area contributed by atoms with E-state index < -0.39 is 0 Å². The Bertz CT molecular complexity index is 876. The van der Waals surface area contributed by atoms with E-state index in [-0.39, 0.29) is 36.8 Å². The molecule has 0 saturated heterocycles. The zero-order valence-corrected chi connectivity index (χ0v) is 15.7. The van der Waals surface area contributed by atoms with Crippen molar-refractivity contribution in [3.05, 3.63) is 41.9 Å². The molecule has 0 aromatic carbocycles. The molecule has 3 rings (SSSR count). The van der Waals surface area contributed by atoms with Gasteiger partial charge in [0, 0.05) is 11.7 Å². The minimum atomic E-state index is -0.227. The van der Waals surface area contributed by atoms with Crippen LogP contribution in [0.1, 0.15) is 35.9 Å². The van der Waals surface area contributed by atoms with Crippen molar-refractivity contribution in [1.29, 1.82) is 0 Å². The molecule has 3 aromatic rings. The number of hydrogen-bond acceptors (Lipinski definition) is 5. The number of carbonyl (C=O) groups is 1. The number of nitrogens with one attached hydrogen (secondary N) is 1. The van der Waals surface area contributed by atoms with Crippen LogP contribution in [0.4, 0.5) is 11.5 Å². The van der Waals surface area contributed by atoms with Crippen LogP contribution in [0.25, 0.3) is 11.0 Å². The molecule has 0 unspecified atom stereocenters. The summed E-state index contributed by atoms with van der Waals surface area (Å²) in [5, 5.41) is 7.89. The van der Waals surface area contributed by atoms with E-state index in [0.29, 0.717) is 22.7 Å². The summed E-state index contributed by atoms with van der Waals surface area (Å²) in [4.78, 5) is 21.1. The van der Waals surface area contributed by atoms with Gasteiger partial charge >= 0.3 is 0 Å². The second-order valence-electron chi connectivity index (χ2n) is 5.66. The lowest BCUT2D eigenvalue weighted by Crippen LogP contribution is -2.13. The van der Waals surface area contributed by atoms with E-state index in [0.717, 1.165) is 11.1 Å². The summed E-state index contributed by atoms with van der Waals surface area (Å²) in [6.07, 6.45) is 3.20. The Morgan fingerprint density at radius 1 is 1.24 bits per heavy atom. The number of fused-ring (bicyclic) bond motifs is 1. The molecule has 0 saturated carbocycles. The van der Waals surface area contributed by atoms with Gasteiger partial charge in [-0.1, -0.05) is 0 Å². The van der Waals surface area contributed by atoms with E-state index in [9.17, 15) is 4.79 Å². The van der Waals surface area contributed by atoms with Crippen LogP contribution in [0, 0.1) is 6.92 Å². The molecule has 0 fully saturated rings. The van der Waals surface area contributed by atoms with Crippen LogP contribution in [0.3, 0.4) is 0 Å². The van der Waals surface area contributed by atoms with Crippen molar-refractivity contribution in [3.63, 3.8) is 0 Å². The van der Waals surface area contributed by atoms with Gasteiger partial charge in [-0.3, -0.25) is 4.79 Å². The van der Waals surface area contributed by atoms with Gasteiger partial charge in [-0.25, -0.2) is 14.6 Å². The molecule has 0 aliphatic rings. The van der Waals surface area contributed by atoms with Crippen LogP contribution in [0.5, 0.6) is 0 Å². The maximum absolute atomic E-state index is 12.6. The Labute approximate surface area is 157 Å². The molecule has 0 radical (unpaired) electrons. The number of hydrogen-bond donors (Lipinski definition) is 2. The third-order valence-electron chi connectivity index (χ3n) is 3.47. The van der Waals surface area contributed by atoms with Gasteiger partial charge in [-0.15, -0.1) is 24.8 Å². The topological polar surface area (TPSA) is 98.7 Å². The van der Waals surface area contributed by atoms with E-state index in [1.54, 1.807) is 24.4 Å². The first kappa shape index (κ1) is 20.7. The average Bonchev–Trinajstić information content (AvgIpc) is 2.92. The minimum absolute atomic E-state index is 0. The molecule has 0 spiro atoms. The van der Waals surface area contributed by atoms with Crippen LogP contribution < -0.4 is 11.1 Å². The fourth-order valence-electron chi connectivity index (χ4n) is 2.39. The highest BCUT2D eigenvalue weighted by atomic mass is 35.5. The molecule has 3 heterocycles. The molecular formula is C16H20Cl2N6O. The number of rotatable bonds is 3. The Hall–Kier alpha value is -2.38. The summed E-state index contributed by atoms with van der Waals surface area (Å²) in [5.74, 6) is 0.179. The van der Waals surface area contributed by atoms with Crippen LogP contribution in [0.15, 0.2) is 30.6 Å². The maximum atomic E-state index is 12.6. The normalized spacial score (nSPS) is 10.2. The number of pyridine rings is 2. The summed E-state index contributed by atoms with van der Waals surface area (Å²) in [7, 11) is 0. The summed E-state index contributed by atoms with van der Waals surface area (Å²) in [6, 6.07) is 5.27. The summed E-state index contributed by atoms with van der Waals surface area (Å²) < 4.78 is 1.81. The third kappa shape index (κ3) is 4.18. The lowest BCUT2D eigenvalue weighted by molar-refractivity contribution is 0.102. The van der Waals surface area contributed by atoms with Crippen molar-refractivity contribution in [1.82, 2.24) is 19.7 Å². The zero-order valence-electron chi connectivity index (χ0n) is 14.1. The van der Waals surface area contributed by atoms with Crippen LogP contribution in [-0.4, -0.2) is 25.7 Å². The number of amides is 1. The molecule has 0 atom stereocenters. The molecule has 0 aliphatic carbocycles. The highest BCUT2D eigenvalue weighted by Crippen LogP contribution is 2.22. The Kier molecular flexibility index (Phi) is 6.72. The average molecular weight is 383 g/mol. The van der Waals surface area contributed by atoms with Crippen molar-refractivity contribution in [2.75, 3.05) is 11.1 Å². The predicted octanol–water partition coefficient (Wildman–Crippen LogP) is 3.39. The number of aromatic nitrogens is 4. The van der Waals surface area contributed by atoms with E-state index in [4.69, 9.17) is 5.73 Å². The number of anilines is 2. The molecule has 7 nitrogen and oxygen atoms in total. The highest BCUT2D eigenvalue weighted by molar-refractivity contribution is 6.12. The van der Waals surface area contributed by atoms with Crippen molar-refractivity contribution in [2.24, 2.45) is 0 Å². The fourth-order valence-corrected chi connectivity index (χ4v) is 2.39. The SMILES string of the molecule is Cc1cc(C(=O)Nc2ccc(N)nc2)c2cnn(C(C)C)c2n1.Cl.Cl. The number of carbonyl (C=O) groups excluding carboxylic acids is 1. The molecule has 3 N–H and O–H groups in total. The van der Waals surface area contributed by atoms with Gasteiger partial charge in [0.2, 0.25) is 0 Å². The van der Waals surface area contributed by atoms with Gasteiger partial charge < -0.3 is 11.1 Å². The summed E-state index contributed by atoms with van der Waals surface area (Å²) in [6.45, 7) is 5.91. The summed E-state index contributed by atoms with van der Waals surface area (Å²) in [5.41, 5.74) is 8.15. The number of aryl methyl sites for hydroxylation is 1. The Morgan fingerprint density at radius 2 is 1.96 bits per heavy atom. The summed E-state index contributed by atoms with van der Waals surface area (Å²) >= 11 is 0.